The van der Waals surface area contributed by atoms with E-state index in [1.165, 1.54) is 11.9 Å². The monoisotopic (exact) mass is 187 g/mol. The van der Waals surface area contributed by atoms with Crippen LogP contribution >= 0.6 is 0 Å². The summed E-state index contributed by atoms with van der Waals surface area (Å²) in [6.45, 7) is 2.09. The van der Waals surface area contributed by atoms with Gasteiger partial charge >= 0.3 is 11.9 Å². The molecule has 0 radical (unpaired) electrons. The molecule has 0 saturated heterocycles. The van der Waals surface area contributed by atoms with Gasteiger partial charge in [-0.15, -0.1) is 0 Å². The van der Waals surface area contributed by atoms with Crippen LogP contribution in [0.4, 0.5) is 0 Å². The van der Waals surface area contributed by atoms with E-state index in [9.17, 15) is 9.59 Å². The Labute approximate surface area is 76.3 Å². The van der Waals surface area contributed by atoms with Crippen molar-refractivity contribution in [3.05, 3.63) is 12.2 Å². The van der Waals surface area contributed by atoms with E-state index in [-0.39, 0.29) is 0 Å². The van der Waals surface area contributed by atoms with Crippen LogP contribution in [0.3, 0.4) is 0 Å². The third kappa shape index (κ3) is 3.71. The molecular weight excluding hydrogens is 174 g/mol. The highest BCUT2D eigenvalue weighted by Crippen LogP contribution is 1.97. The maximum Gasteiger partial charge on any atom is 0.332 e. The first-order valence-corrected chi connectivity index (χ1v) is 3.77. The Bertz CT molecular complexity index is 210. The number of aliphatic carboxylic acids is 2. The van der Waals surface area contributed by atoms with Gasteiger partial charge in [0.05, 0.1) is 0 Å². The van der Waals surface area contributed by atoms with Crippen molar-refractivity contribution in [2.24, 2.45) is 0 Å². The maximum atomic E-state index is 10.5. The highest BCUT2D eigenvalue weighted by atomic mass is 16.4. The predicted octanol–water partition coefficient (Wildman–Crippen LogP) is 0.0321. The molecule has 0 fully saturated rings. The van der Waals surface area contributed by atoms with Crippen LogP contribution in [-0.4, -0.2) is 46.7 Å². The largest absolute Gasteiger partial charge is 0.480 e. The van der Waals surface area contributed by atoms with E-state index in [0.717, 1.165) is 0 Å². The highest BCUT2D eigenvalue weighted by molar-refractivity contribution is 5.97. The van der Waals surface area contributed by atoms with E-state index in [4.69, 9.17) is 10.2 Å². The number of carboxylic acid groups (broad SMARTS) is 2. The smallest absolute Gasteiger partial charge is 0.332 e. The predicted molar refractivity (Wildman–Crippen MR) is 46.5 cm³/mol. The number of nitrogens with zero attached hydrogens (tertiary/aromatic N) is 1. The van der Waals surface area contributed by atoms with Gasteiger partial charge in [0.1, 0.15) is 0 Å². The molecule has 5 heteroatoms. The number of carboxylic acids is 2. The number of likely N-dealkylation sites (N-methyl/N-ethyl adjacent to an activating group) is 1. The zero-order valence-electron chi connectivity index (χ0n) is 7.60. The molecule has 0 unspecified atom stereocenters. The standard InChI is InChI=1S/C8H13NO4/c1-3-4-5-9(2)6(7(10)11)8(12)13/h3-4,6H,5H2,1-2H3,(H,10,11)(H,12,13)/b4-3+. The van der Waals surface area contributed by atoms with Crippen LogP contribution in [0, 0.1) is 0 Å². The van der Waals surface area contributed by atoms with E-state index in [2.05, 4.69) is 0 Å². The summed E-state index contributed by atoms with van der Waals surface area (Å²) in [5, 5.41) is 17.1. The van der Waals surface area contributed by atoms with Gasteiger partial charge in [-0.1, -0.05) is 12.2 Å². The maximum absolute atomic E-state index is 10.5. The van der Waals surface area contributed by atoms with Crippen LogP contribution in [0.2, 0.25) is 0 Å². The average molecular weight is 187 g/mol. The molecule has 0 aromatic carbocycles. The van der Waals surface area contributed by atoms with Crippen molar-refractivity contribution in [1.82, 2.24) is 4.90 Å². The van der Waals surface area contributed by atoms with Gasteiger partial charge in [-0.05, 0) is 14.0 Å². The van der Waals surface area contributed by atoms with Crippen molar-refractivity contribution >= 4 is 11.9 Å². The Morgan fingerprint density at radius 2 is 1.85 bits per heavy atom. The fourth-order valence-electron chi connectivity index (χ4n) is 0.860. The lowest BCUT2D eigenvalue weighted by Gasteiger charge is -2.18. The fourth-order valence-corrected chi connectivity index (χ4v) is 0.860. The number of hydrogen-bond acceptors (Lipinski definition) is 3. The lowest BCUT2D eigenvalue weighted by atomic mass is 10.2. The summed E-state index contributed by atoms with van der Waals surface area (Å²) in [6, 6.07) is -1.48. The SMILES string of the molecule is C/C=C/CN(C)C(C(=O)O)C(=O)O. The van der Waals surface area contributed by atoms with Gasteiger partial charge in [-0.3, -0.25) is 4.90 Å². The van der Waals surface area contributed by atoms with Crippen LogP contribution in [0.15, 0.2) is 12.2 Å². The van der Waals surface area contributed by atoms with E-state index in [0.29, 0.717) is 6.54 Å². The Morgan fingerprint density at radius 1 is 1.38 bits per heavy atom. The zero-order valence-corrected chi connectivity index (χ0v) is 7.60. The van der Waals surface area contributed by atoms with Gasteiger partial charge in [-0.25, -0.2) is 9.59 Å². The molecule has 0 atom stereocenters. The van der Waals surface area contributed by atoms with Crippen LogP contribution in [-0.2, 0) is 9.59 Å². The highest BCUT2D eigenvalue weighted by Gasteiger charge is 2.29. The first-order valence-electron chi connectivity index (χ1n) is 3.77. The molecule has 0 bridgehead atoms. The molecule has 0 aromatic rings. The number of allylic oxidation sites excluding steroid dienone is 1. The first-order chi connectivity index (χ1) is 6.00. The van der Waals surface area contributed by atoms with Crippen molar-refractivity contribution in [3.8, 4) is 0 Å². The van der Waals surface area contributed by atoms with Crippen molar-refractivity contribution in [2.75, 3.05) is 13.6 Å². The Kier molecular flexibility index (Phi) is 4.76. The van der Waals surface area contributed by atoms with E-state index in [1.54, 1.807) is 19.1 Å². The van der Waals surface area contributed by atoms with Crippen LogP contribution in [0.25, 0.3) is 0 Å². The Hall–Kier alpha value is -1.36. The summed E-state index contributed by atoms with van der Waals surface area (Å²) < 4.78 is 0. The normalized spacial score (nSPS) is 11.4. The fraction of sp³-hybridized carbons (Fsp3) is 0.500. The number of rotatable bonds is 5. The molecule has 13 heavy (non-hydrogen) atoms. The second-order valence-corrected chi connectivity index (χ2v) is 2.59. The minimum absolute atomic E-state index is 0.305. The molecule has 0 spiro atoms. The lowest BCUT2D eigenvalue weighted by Crippen LogP contribution is -2.44. The topological polar surface area (TPSA) is 77.8 Å². The van der Waals surface area contributed by atoms with Crippen molar-refractivity contribution in [2.45, 2.75) is 13.0 Å². The summed E-state index contributed by atoms with van der Waals surface area (Å²) in [5.41, 5.74) is 0. The lowest BCUT2D eigenvalue weighted by molar-refractivity contribution is -0.155. The summed E-state index contributed by atoms with van der Waals surface area (Å²) >= 11 is 0. The van der Waals surface area contributed by atoms with Gasteiger partial charge in [0.15, 0.2) is 0 Å². The molecule has 2 N–H and O–H groups in total. The van der Waals surface area contributed by atoms with Gasteiger partial charge in [0.2, 0.25) is 6.04 Å². The van der Waals surface area contributed by atoms with Gasteiger partial charge in [-0.2, -0.15) is 0 Å². The molecule has 0 amide bonds. The van der Waals surface area contributed by atoms with Gasteiger partial charge in [0, 0.05) is 6.54 Å². The van der Waals surface area contributed by atoms with E-state index in [1.807, 2.05) is 0 Å². The molecule has 0 aliphatic rings. The molecule has 0 heterocycles. The summed E-state index contributed by atoms with van der Waals surface area (Å²) in [7, 11) is 1.45. The molecule has 0 aromatic heterocycles. The van der Waals surface area contributed by atoms with Crippen LogP contribution in [0.5, 0.6) is 0 Å². The second-order valence-electron chi connectivity index (χ2n) is 2.59. The minimum atomic E-state index is -1.48. The molecular formula is C8H13NO4. The average Bonchev–Trinajstić information content (AvgIpc) is 1.99. The van der Waals surface area contributed by atoms with Crippen molar-refractivity contribution < 1.29 is 19.8 Å². The quantitative estimate of drug-likeness (QED) is 0.469. The molecule has 5 nitrogen and oxygen atoms in total. The summed E-state index contributed by atoms with van der Waals surface area (Å²) in [5.74, 6) is -2.70. The second kappa shape index (κ2) is 5.31. The van der Waals surface area contributed by atoms with Crippen LogP contribution in [0.1, 0.15) is 6.92 Å². The van der Waals surface area contributed by atoms with E-state index >= 15 is 0 Å². The molecule has 0 aliphatic heterocycles. The van der Waals surface area contributed by atoms with Crippen molar-refractivity contribution in [3.63, 3.8) is 0 Å². The molecule has 0 saturated carbocycles. The van der Waals surface area contributed by atoms with Crippen LogP contribution < -0.4 is 0 Å². The van der Waals surface area contributed by atoms with Gasteiger partial charge < -0.3 is 10.2 Å². The minimum Gasteiger partial charge on any atom is -0.480 e. The number of carbonyl (C=O) groups is 2. The Balaban J connectivity index is 4.37. The molecule has 0 aliphatic carbocycles. The third-order valence-corrected chi connectivity index (χ3v) is 1.54. The van der Waals surface area contributed by atoms with E-state index < -0.39 is 18.0 Å². The number of hydrogen-bond donors (Lipinski definition) is 2. The van der Waals surface area contributed by atoms with Gasteiger partial charge in [0.25, 0.3) is 0 Å². The molecule has 74 valence electrons. The first kappa shape index (κ1) is 11.6. The third-order valence-electron chi connectivity index (χ3n) is 1.54. The summed E-state index contributed by atoms with van der Waals surface area (Å²) in [6.07, 6.45) is 3.43. The zero-order chi connectivity index (χ0) is 10.4. The molecule has 0 rings (SSSR count). The Morgan fingerprint density at radius 3 is 2.15 bits per heavy atom. The summed E-state index contributed by atoms with van der Waals surface area (Å²) in [4.78, 5) is 22.2. The van der Waals surface area contributed by atoms with Crippen molar-refractivity contribution in [1.29, 1.82) is 0 Å².